The molecule has 3 atom stereocenters. The predicted molar refractivity (Wildman–Crippen MR) is 49.0 cm³/mol. The average Bonchev–Trinajstić information content (AvgIpc) is 2.74. The molecule has 2 rings (SSSR count). The molecule has 2 saturated heterocycles. The van der Waals surface area contributed by atoms with E-state index in [9.17, 15) is 9.59 Å². The number of nitrogens with zero attached hydrogens (tertiary/aromatic N) is 1. The van der Waals surface area contributed by atoms with Crippen molar-refractivity contribution in [1.82, 2.24) is 10.2 Å². The second-order valence-electron chi connectivity index (χ2n) is 3.66. The fraction of sp³-hybridized carbons (Fsp3) is 0.750. The van der Waals surface area contributed by atoms with Crippen LogP contribution in [-0.2, 0) is 9.53 Å². The summed E-state index contributed by atoms with van der Waals surface area (Å²) in [5.74, 6) is -0.795. The lowest BCUT2D eigenvalue weighted by Crippen LogP contribution is -2.56. The first-order valence-corrected chi connectivity index (χ1v) is 4.53. The molecule has 2 aliphatic heterocycles. The number of likely N-dealkylation sites (tertiary alicyclic amines) is 1. The van der Waals surface area contributed by atoms with Crippen LogP contribution in [-0.4, -0.2) is 56.3 Å². The minimum absolute atomic E-state index is 0.134. The fourth-order valence-electron chi connectivity index (χ4n) is 2.27. The highest BCUT2D eigenvalue weighted by atomic mass is 16.5. The third-order valence-corrected chi connectivity index (χ3v) is 2.88. The number of rotatable bonds is 1. The Labute approximate surface area is 83.2 Å². The van der Waals surface area contributed by atoms with Crippen LogP contribution < -0.4 is 5.32 Å². The van der Waals surface area contributed by atoms with Crippen LogP contribution in [0.3, 0.4) is 0 Å². The lowest BCUT2D eigenvalue weighted by atomic mass is 10.0. The smallest absolute Gasteiger partial charge is 0.325 e. The number of hydrogen-bond donors (Lipinski definition) is 1. The first-order chi connectivity index (χ1) is 6.63. The summed E-state index contributed by atoms with van der Waals surface area (Å²) < 4.78 is 4.63. The van der Waals surface area contributed by atoms with E-state index in [1.807, 2.05) is 0 Å². The third-order valence-electron chi connectivity index (χ3n) is 2.88. The van der Waals surface area contributed by atoms with Gasteiger partial charge < -0.3 is 9.64 Å². The second-order valence-corrected chi connectivity index (χ2v) is 3.66. The maximum Gasteiger partial charge on any atom is 0.325 e. The molecule has 0 aromatic heterocycles. The van der Waals surface area contributed by atoms with E-state index in [2.05, 4.69) is 10.1 Å². The minimum atomic E-state index is -0.465. The molecule has 0 aromatic carbocycles. The minimum Gasteiger partial charge on any atom is -0.468 e. The van der Waals surface area contributed by atoms with Crippen LogP contribution in [0.2, 0.25) is 0 Å². The van der Waals surface area contributed by atoms with Gasteiger partial charge in [0.05, 0.1) is 13.2 Å². The monoisotopic (exact) mass is 194 g/mol. The highest BCUT2D eigenvalue weighted by molar-refractivity contribution is 6.57. The SMILES string of the molecule is [B]C(=O)N1CC2CC1[C@H](C(=O)OC)N2. The van der Waals surface area contributed by atoms with Crippen LogP contribution >= 0.6 is 0 Å². The molecule has 74 valence electrons. The van der Waals surface area contributed by atoms with Crippen molar-refractivity contribution in [3.8, 4) is 0 Å². The summed E-state index contributed by atoms with van der Waals surface area (Å²) in [5, 5.41) is 3.10. The molecule has 0 aliphatic carbocycles. The zero-order valence-electron chi connectivity index (χ0n) is 7.90. The Morgan fingerprint density at radius 3 is 2.79 bits per heavy atom. The van der Waals surface area contributed by atoms with Gasteiger partial charge in [-0.25, -0.2) is 0 Å². The van der Waals surface area contributed by atoms with Crippen LogP contribution in [0.15, 0.2) is 0 Å². The van der Waals surface area contributed by atoms with Gasteiger partial charge in [0.25, 0.3) is 0 Å². The number of hydrogen-bond acceptors (Lipinski definition) is 4. The molecule has 1 amide bonds. The zero-order chi connectivity index (χ0) is 10.3. The van der Waals surface area contributed by atoms with E-state index < -0.39 is 11.8 Å². The molecule has 0 aromatic rings. The second kappa shape index (κ2) is 3.27. The normalized spacial score (nSPS) is 34.6. The molecular weight excluding hydrogens is 183 g/mol. The van der Waals surface area contributed by atoms with Crippen molar-refractivity contribution in [2.24, 2.45) is 0 Å². The van der Waals surface area contributed by atoms with Crippen molar-refractivity contribution >= 4 is 19.6 Å². The Morgan fingerprint density at radius 2 is 2.29 bits per heavy atom. The van der Waals surface area contributed by atoms with Gasteiger partial charge in [-0.15, -0.1) is 0 Å². The van der Waals surface area contributed by atoms with Crippen molar-refractivity contribution in [3.05, 3.63) is 0 Å². The number of esters is 1. The van der Waals surface area contributed by atoms with Crippen molar-refractivity contribution in [2.75, 3.05) is 13.7 Å². The largest absolute Gasteiger partial charge is 0.468 e. The number of ether oxygens (including phenoxy) is 1. The number of methoxy groups -OCH3 is 1. The van der Waals surface area contributed by atoms with Crippen LogP contribution in [0.1, 0.15) is 6.42 Å². The number of piperazine rings is 1. The molecule has 14 heavy (non-hydrogen) atoms. The number of amides is 1. The predicted octanol–water partition coefficient (Wildman–Crippen LogP) is -1.14. The van der Waals surface area contributed by atoms with Crippen molar-refractivity contribution in [3.63, 3.8) is 0 Å². The van der Waals surface area contributed by atoms with E-state index in [1.165, 1.54) is 12.0 Å². The van der Waals surface area contributed by atoms with E-state index in [-0.39, 0.29) is 18.1 Å². The Morgan fingerprint density at radius 1 is 1.57 bits per heavy atom. The summed E-state index contributed by atoms with van der Waals surface area (Å²) in [4.78, 5) is 23.9. The first-order valence-electron chi connectivity index (χ1n) is 4.53. The molecule has 0 saturated carbocycles. The lowest BCUT2D eigenvalue weighted by molar-refractivity contribution is -0.144. The van der Waals surface area contributed by atoms with Crippen LogP contribution in [0.25, 0.3) is 0 Å². The summed E-state index contributed by atoms with van der Waals surface area (Å²) >= 11 is 0. The quantitative estimate of drug-likeness (QED) is 0.423. The summed E-state index contributed by atoms with van der Waals surface area (Å²) in [6, 6.07) is -0.368. The molecule has 2 heterocycles. The molecule has 1 N–H and O–H groups in total. The molecule has 2 fully saturated rings. The van der Waals surface area contributed by atoms with Crippen molar-refractivity contribution in [2.45, 2.75) is 24.5 Å². The Balaban J connectivity index is 2.11. The van der Waals surface area contributed by atoms with E-state index in [0.29, 0.717) is 6.54 Å². The lowest BCUT2D eigenvalue weighted by Gasteiger charge is -2.31. The van der Waals surface area contributed by atoms with Gasteiger partial charge in [0.15, 0.2) is 5.81 Å². The molecule has 2 unspecified atom stereocenters. The maximum atomic E-state index is 11.3. The highest BCUT2D eigenvalue weighted by Gasteiger charge is 2.48. The zero-order valence-corrected chi connectivity index (χ0v) is 7.90. The van der Waals surface area contributed by atoms with Crippen molar-refractivity contribution in [1.29, 1.82) is 0 Å². The molecule has 0 spiro atoms. The Hall–Kier alpha value is -1.04. The van der Waals surface area contributed by atoms with Gasteiger partial charge in [-0.2, -0.15) is 0 Å². The van der Waals surface area contributed by atoms with E-state index in [4.69, 9.17) is 7.85 Å². The fourth-order valence-corrected chi connectivity index (χ4v) is 2.27. The van der Waals surface area contributed by atoms with Crippen LogP contribution in [0.5, 0.6) is 0 Å². The van der Waals surface area contributed by atoms with Crippen molar-refractivity contribution < 1.29 is 14.3 Å². The molecular formula is C8H11BN2O3. The van der Waals surface area contributed by atoms with Gasteiger partial charge >= 0.3 is 5.97 Å². The standard InChI is InChI=1S/C8H11BN2O3/c1-14-7(12)6-5-2-4(10-6)3-11(5)8(9)13/h4-6,10H,2-3H2,1H3/t4?,5?,6-/m1/s1. The van der Waals surface area contributed by atoms with Gasteiger partial charge in [-0.3, -0.25) is 14.9 Å². The van der Waals surface area contributed by atoms with Crippen LogP contribution in [0.4, 0.5) is 4.79 Å². The van der Waals surface area contributed by atoms with E-state index in [0.717, 1.165) is 6.42 Å². The number of nitrogens with one attached hydrogen (secondary N) is 1. The number of fused-ring (bicyclic) bond motifs is 2. The Bertz CT molecular complexity index is 284. The average molecular weight is 194 g/mol. The van der Waals surface area contributed by atoms with Gasteiger partial charge in [0, 0.05) is 12.6 Å². The topological polar surface area (TPSA) is 58.6 Å². The number of carbonyl (C=O) groups is 2. The molecule has 5 nitrogen and oxygen atoms in total. The van der Waals surface area contributed by atoms with Gasteiger partial charge in [0.1, 0.15) is 6.04 Å². The van der Waals surface area contributed by atoms with Crippen LogP contribution in [0, 0.1) is 0 Å². The van der Waals surface area contributed by atoms with Gasteiger partial charge in [-0.05, 0) is 6.42 Å². The maximum absolute atomic E-state index is 11.3. The summed E-state index contributed by atoms with van der Waals surface area (Å²) in [6.45, 7) is 0.591. The summed E-state index contributed by atoms with van der Waals surface area (Å²) in [5.41, 5.74) is 0. The molecule has 2 bridgehead atoms. The first kappa shape index (κ1) is 9.52. The molecule has 6 heteroatoms. The highest BCUT2D eigenvalue weighted by Crippen LogP contribution is 2.28. The summed E-state index contributed by atoms with van der Waals surface area (Å²) in [7, 11) is 6.53. The van der Waals surface area contributed by atoms with Gasteiger partial charge in [-0.1, -0.05) is 0 Å². The molecule has 2 aliphatic rings. The third kappa shape index (κ3) is 1.30. The molecule has 2 radical (unpaired) electrons. The van der Waals surface area contributed by atoms with E-state index >= 15 is 0 Å². The summed E-state index contributed by atoms with van der Waals surface area (Å²) in [6.07, 6.45) is 0.780. The number of carbonyl (C=O) groups excluding carboxylic acids is 2. The Kier molecular flexibility index (Phi) is 2.22. The van der Waals surface area contributed by atoms with Gasteiger partial charge in [0.2, 0.25) is 7.85 Å². The van der Waals surface area contributed by atoms with E-state index in [1.54, 1.807) is 0 Å².